The van der Waals surface area contributed by atoms with Crippen molar-refractivity contribution < 1.29 is 0 Å². The predicted octanol–water partition coefficient (Wildman–Crippen LogP) is 5.66. The van der Waals surface area contributed by atoms with Gasteiger partial charge in [0.25, 0.3) is 0 Å². The van der Waals surface area contributed by atoms with Gasteiger partial charge in [-0.05, 0) is 59.6 Å². The molecule has 0 atom stereocenters. The number of aryl methyl sites for hydroxylation is 3. The maximum Gasteiger partial charge on any atom is -0.0181 e. The van der Waals surface area contributed by atoms with Gasteiger partial charge in [-0.25, -0.2) is 0 Å². The normalized spacial score (nSPS) is 11.1. The molecule has 2 rings (SSSR count). The number of benzene rings is 2. The lowest BCUT2D eigenvalue weighted by molar-refractivity contribution is 0.857. The van der Waals surface area contributed by atoms with E-state index in [1.165, 1.54) is 33.4 Å². The van der Waals surface area contributed by atoms with Gasteiger partial charge in [0.1, 0.15) is 0 Å². The van der Waals surface area contributed by atoms with E-state index < -0.39 is 0 Å². The predicted molar refractivity (Wildman–Crippen MR) is 84.8 cm³/mol. The van der Waals surface area contributed by atoms with Crippen molar-refractivity contribution in [3.8, 4) is 11.1 Å². The lowest BCUT2D eigenvalue weighted by Gasteiger charge is -2.13. The Hall–Kier alpha value is -1.56. The molecule has 0 aromatic heterocycles. The van der Waals surface area contributed by atoms with Gasteiger partial charge in [0.2, 0.25) is 0 Å². The van der Waals surface area contributed by atoms with Crippen LogP contribution < -0.4 is 0 Å². The van der Waals surface area contributed by atoms with Gasteiger partial charge >= 0.3 is 0 Å². The van der Waals surface area contributed by atoms with Crippen molar-refractivity contribution in [2.24, 2.45) is 0 Å². The molecule has 0 aliphatic carbocycles. The summed E-state index contributed by atoms with van der Waals surface area (Å²) in [4.78, 5) is 0. The van der Waals surface area contributed by atoms with Gasteiger partial charge in [0.15, 0.2) is 0 Å². The molecule has 0 radical (unpaired) electrons. The van der Waals surface area contributed by atoms with Gasteiger partial charge in [0, 0.05) is 0 Å². The minimum atomic E-state index is 0.596. The summed E-state index contributed by atoms with van der Waals surface area (Å²) in [5, 5.41) is 0. The molecule has 0 spiro atoms. The fraction of sp³-hybridized carbons (Fsp3) is 0.368. The van der Waals surface area contributed by atoms with Crippen molar-refractivity contribution in [1.82, 2.24) is 0 Å². The van der Waals surface area contributed by atoms with Crippen molar-refractivity contribution in [2.75, 3.05) is 0 Å². The van der Waals surface area contributed by atoms with Crippen LogP contribution in [0, 0.1) is 13.8 Å². The van der Waals surface area contributed by atoms with E-state index in [0.29, 0.717) is 5.92 Å². The zero-order valence-electron chi connectivity index (χ0n) is 12.7. The van der Waals surface area contributed by atoms with E-state index in [-0.39, 0.29) is 0 Å². The second kappa shape index (κ2) is 5.61. The van der Waals surface area contributed by atoms with Crippen LogP contribution in [0.2, 0.25) is 0 Å². The molecule has 0 aliphatic rings. The van der Waals surface area contributed by atoms with Crippen LogP contribution in [0.5, 0.6) is 0 Å². The summed E-state index contributed by atoms with van der Waals surface area (Å²) in [5.41, 5.74) is 8.33. The first kappa shape index (κ1) is 13.9. The van der Waals surface area contributed by atoms with Crippen LogP contribution >= 0.6 is 0 Å². The number of rotatable bonds is 3. The summed E-state index contributed by atoms with van der Waals surface area (Å²) in [5.74, 6) is 0.596. The third-order valence-electron chi connectivity index (χ3n) is 3.95. The molecule has 2 aromatic carbocycles. The zero-order valence-corrected chi connectivity index (χ0v) is 12.7. The highest BCUT2D eigenvalue weighted by atomic mass is 14.1. The van der Waals surface area contributed by atoms with Gasteiger partial charge < -0.3 is 0 Å². The minimum Gasteiger partial charge on any atom is -0.0613 e. The smallest absolute Gasteiger partial charge is 0.0181 e. The molecule has 19 heavy (non-hydrogen) atoms. The van der Waals surface area contributed by atoms with Crippen LogP contribution in [0.1, 0.15) is 48.9 Å². The van der Waals surface area contributed by atoms with E-state index in [0.717, 1.165) is 6.42 Å². The van der Waals surface area contributed by atoms with Crippen molar-refractivity contribution in [3.05, 3.63) is 58.7 Å². The van der Waals surface area contributed by atoms with Crippen molar-refractivity contribution in [3.63, 3.8) is 0 Å². The van der Waals surface area contributed by atoms with Gasteiger partial charge in [0.05, 0.1) is 0 Å². The zero-order chi connectivity index (χ0) is 14.0. The molecule has 2 aromatic rings. The van der Waals surface area contributed by atoms with E-state index in [9.17, 15) is 0 Å². The molecule has 0 bridgehead atoms. The van der Waals surface area contributed by atoms with E-state index in [4.69, 9.17) is 0 Å². The molecular weight excluding hydrogens is 228 g/mol. The summed E-state index contributed by atoms with van der Waals surface area (Å²) in [6, 6.07) is 13.7. The van der Waals surface area contributed by atoms with Gasteiger partial charge in [-0.15, -0.1) is 0 Å². The molecule has 100 valence electrons. The van der Waals surface area contributed by atoms with E-state index in [2.05, 4.69) is 71.0 Å². The molecule has 0 heterocycles. The van der Waals surface area contributed by atoms with Crippen LogP contribution in [0.4, 0.5) is 0 Å². The molecule has 0 saturated carbocycles. The van der Waals surface area contributed by atoms with Crippen LogP contribution in [0.3, 0.4) is 0 Å². The largest absolute Gasteiger partial charge is 0.0613 e. The Balaban J connectivity index is 2.42. The molecule has 0 aliphatic heterocycles. The average Bonchev–Trinajstić information content (AvgIpc) is 2.38. The Kier molecular flexibility index (Phi) is 4.09. The third-order valence-corrected chi connectivity index (χ3v) is 3.95. The average molecular weight is 252 g/mol. The first-order valence-electron chi connectivity index (χ1n) is 7.23. The maximum atomic E-state index is 2.32. The highest BCUT2D eigenvalue weighted by Gasteiger charge is 2.06. The maximum absolute atomic E-state index is 2.32. The topological polar surface area (TPSA) is 0 Å². The van der Waals surface area contributed by atoms with Crippen molar-refractivity contribution in [1.29, 1.82) is 0 Å². The first-order chi connectivity index (χ1) is 9.02. The lowest BCUT2D eigenvalue weighted by Crippen LogP contribution is -1.93. The summed E-state index contributed by atoms with van der Waals surface area (Å²) >= 11 is 0. The highest BCUT2D eigenvalue weighted by Crippen LogP contribution is 2.27. The Morgan fingerprint density at radius 1 is 0.842 bits per heavy atom. The van der Waals surface area contributed by atoms with Gasteiger partial charge in [-0.2, -0.15) is 0 Å². The Bertz CT molecular complexity index is 577. The SMILES string of the molecule is CCc1ccc(-c2ccc(C(C)C)c(C)c2)cc1C. The Morgan fingerprint density at radius 3 is 1.89 bits per heavy atom. The Morgan fingerprint density at radius 2 is 1.42 bits per heavy atom. The van der Waals surface area contributed by atoms with Crippen molar-refractivity contribution in [2.45, 2.75) is 47.0 Å². The van der Waals surface area contributed by atoms with Gasteiger partial charge in [-0.1, -0.05) is 57.2 Å². The highest BCUT2D eigenvalue weighted by molar-refractivity contribution is 5.66. The molecule has 0 fully saturated rings. The Labute approximate surface area is 117 Å². The minimum absolute atomic E-state index is 0.596. The molecule has 0 N–H and O–H groups in total. The summed E-state index contributed by atoms with van der Waals surface area (Å²) < 4.78 is 0. The summed E-state index contributed by atoms with van der Waals surface area (Å²) in [6.45, 7) is 11.1. The fourth-order valence-corrected chi connectivity index (χ4v) is 2.78. The number of hydrogen-bond acceptors (Lipinski definition) is 0. The second-order valence-corrected chi connectivity index (χ2v) is 5.72. The third kappa shape index (κ3) is 2.89. The van der Waals surface area contributed by atoms with E-state index in [1.807, 2.05) is 0 Å². The van der Waals surface area contributed by atoms with Crippen LogP contribution in [0.15, 0.2) is 36.4 Å². The molecular formula is C19H24. The van der Waals surface area contributed by atoms with Crippen LogP contribution in [-0.2, 0) is 6.42 Å². The fourth-order valence-electron chi connectivity index (χ4n) is 2.78. The number of hydrogen-bond donors (Lipinski definition) is 0. The molecule has 0 heteroatoms. The van der Waals surface area contributed by atoms with Crippen LogP contribution in [0.25, 0.3) is 11.1 Å². The van der Waals surface area contributed by atoms with Gasteiger partial charge in [-0.3, -0.25) is 0 Å². The molecule has 0 nitrogen and oxygen atoms in total. The quantitative estimate of drug-likeness (QED) is 0.661. The monoisotopic (exact) mass is 252 g/mol. The summed E-state index contributed by atoms with van der Waals surface area (Å²) in [6.07, 6.45) is 1.11. The van der Waals surface area contributed by atoms with Crippen LogP contribution in [-0.4, -0.2) is 0 Å². The summed E-state index contributed by atoms with van der Waals surface area (Å²) in [7, 11) is 0. The molecule has 0 amide bonds. The van der Waals surface area contributed by atoms with Crippen molar-refractivity contribution >= 4 is 0 Å². The molecule has 0 unspecified atom stereocenters. The van der Waals surface area contributed by atoms with E-state index in [1.54, 1.807) is 0 Å². The first-order valence-corrected chi connectivity index (χ1v) is 7.23. The standard InChI is InChI=1S/C19H24/c1-6-16-7-8-17(11-14(16)4)18-9-10-19(13(2)3)15(5)12-18/h7-13H,6H2,1-5H3. The van der Waals surface area contributed by atoms with E-state index >= 15 is 0 Å². The lowest BCUT2D eigenvalue weighted by atomic mass is 9.93. The second-order valence-electron chi connectivity index (χ2n) is 5.72. The molecule has 0 saturated heterocycles.